The van der Waals surface area contributed by atoms with Crippen LogP contribution in [0.4, 0.5) is 17.3 Å². The summed E-state index contributed by atoms with van der Waals surface area (Å²) in [6.45, 7) is 8.15. The number of hydrogen-bond acceptors (Lipinski definition) is 10. The molecule has 0 saturated carbocycles. The van der Waals surface area contributed by atoms with Crippen LogP contribution in [0.5, 0.6) is 0 Å². The highest BCUT2D eigenvalue weighted by atomic mass is 16.5. The molecule has 0 unspecified atom stereocenters. The highest BCUT2D eigenvalue weighted by molar-refractivity contribution is 5.73. The molecule has 6 heterocycles. The van der Waals surface area contributed by atoms with Gasteiger partial charge in [-0.1, -0.05) is 13.8 Å². The number of pyridine rings is 2. The molecule has 7 rings (SSSR count). The van der Waals surface area contributed by atoms with E-state index < -0.39 is 6.61 Å². The SMILES string of the molecule is C[C@H]1COCCN1c1cnc(Nc2cc(-c3ccnc(-n4ncn5c6c(cc5c4=O)CC(C)(C)C6)c3CO)cn(C)c2=O)nc1. The second kappa shape index (κ2) is 10.9. The molecule has 5 aromatic rings. The van der Waals surface area contributed by atoms with E-state index in [9.17, 15) is 14.7 Å². The van der Waals surface area contributed by atoms with E-state index in [4.69, 9.17) is 4.74 Å². The Balaban J connectivity index is 1.24. The summed E-state index contributed by atoms with van der Waals surface area (Å²) in [6, 6.07) is 5.57. The lowest BCUT2D eigenvalue weighted by molar-refractivity contribution is 0.0989. The summed E-state index contributed by atoms with van der Waals surface area (Å²) in [7, 11) is 1.65. The summed E-state index contributed by atoms with van der Waals surface area (Å²) in [4.78, 5) is 42.4. The van der Waals surface area contributed by atoms with Crippen LogP contribution < -0.4 is 21.3 Å². The standard InChI is InChI=1S/C32H35N9O4/c1-19-17-45-8-7-39(19)22-13-34-31(35-14-22)37-25-9-21(15-38(4)29(25)43)23-5-6-33-28(24(23)16-42)41-30(44)26-10-20-11-32(2,3)12-27(20)40(26)18-36-41/h5-6,9-10,13-15,18-19,42H,7-8,11-12,16-17H2,1-4H3,(H,34,35,37)/t19-/m0/s1. The van der Waals surface area contributed by atoms with E-state index in [1.807, 2.05) is 10.5 Å². The Morgan fingerprint density at radius 3 is 2.67 bits per heavy atom. The summed E-state index contributed by atoms with van der Waals surface area (Å²) in [5.41, 5.74) is 5.09. The minimum absolute atomic E-state index is 0.140. The molecular weight excluding hydrogens is 574 g/mol. The first-order valence-corrected chi connectivity index (χ1v) is 15.0. The van der Waals surface area contributed by atoms with Crippen LogP contribution in [0.2, 0.25) is 0 Å². The molecule has 45 heavy (non-hydrogen) atoms. The Hall–Kier alpha value is -4.88. The van der Waals surface area contributed by atoms with E-state index in [1.165, 1.54) is 9.25 Å². The predicted octanol–water partition coefficient (Wildman–Crippen LogP) is 2.62. The van der Waals surface area contributed by atoms with Gasteiger partial charge in [-0.25, -0.2) is 15.0 Å². The van der Waals surface area contributed by atoms with Gasteiger partial charge in [-0.3, -0.25) is 14.0 Å². The van der Waals surface area contributed by atoms with Crippen molar-refractivity contribution in [1.82, 2.24) is 33.7 Å². The number of anilines is 3. The van der Waals surface area contributed by atoms with Crippen molar-refractivity contribution in [3.8, 4) is 16.9 Å². The van der Waals surface area contributed by atoms with Gasteiger partial charge >= 0.3 is 0 Å². The van der Waals surface area contributed by atoms with E-state index in [2.05, 4.69) is 51.0 Å². The molecule has 13 heteroatoms. The van der Waals surface area contributed by atoms with Crippen LogP contribution in [0.3, 0.4) is 0 Å². The summed E-state index contributed by atoms with van der Waals surface area (Å²) in [5.74, 6) is 0.502. The van der Waals surface area contributed by atoms with Gasteiger partial charge in [-0.15, -0.1) is 0 Å². The van der Waals surface area contributed by atoms with Crippen molar-refractivity contribution >= 4 is 22.8 Å². The average Bonchev–Trinajstić information content (AvgIpc) is 3.52. The molecule has 1 atom stereocenters. The van der Waals surface area contributed by atoms with Crippen LogP contribution in [-0.2, 0) is 31.2 Å². The molecule has 232 valence electrons. The van der Waals surface area contributed by atoms with E-state index in [-0.39, 0.29) is 40.0 Å². The molecule has 13 nitrogen and oxygen atoms in total. The number of aliphatic hydroxyl groups is 1. The Morgan fingerprint density at radius 2 is 1.91 bits per heavy atom. The molecule has 5 aromatic heterocycles. The molecule has 0 amide bonds. The second-order valence-electron chi connectivity index (χ2n) is 12.6. The number of aliphatic hydroxyl groups excluding tert-OH is 1. The molecule has 0 bridgehead atoms. The van der Waals surface area contributed by atoms with E-state index >= 15 is 0 Å². The lowest BCUT2D eigenvalue weighted by Crippen LogP contribution is -2.43. The van der Waals surface area contributed by atoms with Crippen LogP contribution in [0, 0.1) is 5.41 Å². The van der Waals surface area contributed by atoms with Gasteiger partial charge in [-0.2, -0.15) is 9.78 Å². The lowest BCUT2D eigenvalue weighted by Gasteiger charge is -2.34. The fraction of sp³-hybridized carbons (Fsp3) is 0.375. The quantitative estimate of drug-likeness (QED) is 0.295. The molecule has 2 aliphatic rings. The van der Waals surface area contributed by atoms with Crippen molar-refractivity contribution in [2.24, 2.45) is 12.5 Å². The Labute approximate surface area is 258 Å². The van der Waals surface area contributed by atoms with Crippen LogP contribution in [0.25, 0.3) is 22.5 Å². The number of aromatic nitrogens is 7. The van der Waals surface area contributed by atoms with Crippen molar-refractivity contribution in [3.63, 3.8) is 0 Å². The highest BCUT2D eigenvalue weighted by Gasteiger charge is 2.32. The van der Waals surface area contributed by atoms with Crippen molar-refractivity contribution in [3.05, 3.63) is 86.8 Å². The van der Waals surface area contributed by atoms with Gasteiger partial charge < -0.3 is 24.6 Å². The summed E-state index contributed by atoms with van der Waals surface area (Å²) < 4.78 is 10.1. The van der Waals surface area contributed by atoms with Gasteiger partial charge in [-0.05, 0) is 54.5 Å². The minimum atomic E-state index is -0.403. The van der Waals surface area contributed by atoms with E-state index in [0.717, 1.165) is 36.3 Å². The minimum Gasteiger partial charge on any atom is -0.392 e. The zero-order chi connectivity index (χ0) is 31.5. The van der Waals surface area contributed by atoms with Crippen molar-refractivity contribution < 1.29 is 9.84 Å². The van der Waals surface area contributed by atoms with Gasteiger partial charge in [0.25, 0.3) is 11.1 Å². The molecule has 0 aromatic carbocycles. The van der Waals surface area contributed by atoms with Gasteiger partial charge in [0.1, 0.15) is 17.5 Å². The van der Waals surface area contributed by atoms with Gasteiger partial charge in [0.15, 0.2) is 5.82 Å². The number of fused-ring (bicyclic) bond motifs is 3. The lowest BCUT2D eigenvalue weighted by atomic mass is 9.90. The molecule has 1 fully saturated rings. The van der Waals surface area contributed by atoms with Crippen LogP contribution in [-0.4, -0.2) is 64.6 Å². The van der Waals surface area contributed by atoms with Crippen LogP contribution >= 0.6 is 0 Å². The maximum atomic E-state index is 13.7. The molecular formula is C32H35N9O4. The van der Waals surface area contributed by atoms with Crippen molar-refractivity contribution in [2.75, 3.05) is 30.0 Å². The first kappa shape index (κ1) is 28.9. The molecule has 1 aliphatic heterocycles. The number of hydrogen-bond donors (Lipinski definition) is 2. The smallest absolute Gasteiger partial charge is 0.297 e. The first-order valence-electron chi connectivity index (χ1n) is 15.0. The van der Waals surface area contributed by atoms with Crippen LogP contribution in [0.15, 0.2) is 58.9 Å². The number of ether oxygens (including phenoxy) is 1. The molecule has 0 spiro atoms. The maximum Gasteiger partial charge on any atom is 0.297 e. The summed E-state index contributed by atoms with van der Waals surface area (Å²) in [5, 5.41) is 18.1. The Kier molecular flexibility index (Phi) is 7.01. The Bertz CT molecular complexity index is 2050. The topological polar surface area (TPSA) is 145 Å². The molecule has 1 aliphatic carbocycles. The predicted molar refractivity (Wildman–Crippen MR) is 169 cm³/mol. The van der Waals surface area contributed by atoms with Gasteiger partial charge in [0, 0.05) is 48.8 Å². The fourth-order valence-corrected chi connectivity index (χ4v) is 6.52. The van der Waals surface area contributed by atoms with E-state index in [0.29, 0.717) is 35.4 Å². The van der Waals surface area contributed by atoms with E-state index in [1.54, 1.807) is 50.3 Å². The highest BCUT2D eigenvalue weighted by Crippen LogP contribution is 2.37. The number of nitrogens with one attached hydrogen (secondary N) is 1. The van der Waals surface area contributed by atoms with Crippen molar-refractivity contribution in [2.45, 2.75) is 46.3 Å². The zero-order valence-electron chi connectivity index (χ0n) is 25.7. The normalized spacial score (nSPS) is 17.5. The maximum absolute atomic E-state index is 13.7. The molecule has 2 N–H and O–H groups in total. The second-order valence-corrected chi connectivity index (χ2v) is 12.6. The fourth-order valence-electron chi connectivity index (χ4n) is 6.52. The summed E-state index contributed by atoms with van der Waals surface area (Å²) in [6.07, 6.45) is 10.1. The van der Waals surface area contributed by atoms with Gasteiger partial charge in [0.05, 0.1) is 37.9 Å². The third kappa shape index (κ3) is 5.07. The molecule has 0 radical (unpaired) electrons. The number of aryl methyl sites for hydroxylation is 1. The number of morpholine rings is 1. The third-order valence-electron chi connectivity index (χ3n) is 8.71. The monoisotopic (exact) mass is 609 g/mol. The zero-order valence-corrected chi connectivity index (χ0v) is 25.7. The number of nitrogens with zero attached hydrogens (tertiary/aromatic N) is 8. The summed E-state index contributed by atoms with van der Waals surface area (Å²) >= 11 is 0. The number of rotatable bonds is 6. The van der Waals surface area contributed by atoms with Gasteiger partial charge in [0.2, 0.25) is 5.95 Å². The average molecular weight is 610 g/mol. The Morgan fingerprint density at radius 1 is 1.11 bits per heavy atom. The van der Waals surface area contributed by atoms with Crippen LogP contribution in [0.1, 0.15) is 37.6 Å². The largest absolute Gasteiger partial charge is 0.392 e. The third-order valence-corrected chi connectivity index (χ3v) is 8.71. The first-order chi connectivity index (χ1) is 21.6. The van der Waals surface area contributed by atoms with Crippen molar-refractivity contribution in [1.29, 1.82) is 0 Å². The molecule has 1 saturated heterocycles.